The van der Waals surface area contributed by atoms with Crippen LogP contribution < -0.4 is 10.6 Å². The van der Waals surface area contributed by atoms with E-state index in [1.807, 2.05) is 6.19 Å². The molecule has 9 heteroatoms. The Bertz CT molecular complexity index is 817. The van der Waals surface area contributed by atoms with Crippen LogP contribution in [-0.2, 0) is 4.74 Å². The van der Waals surface area contributed by atoms with Crippen LogP contribution in [0.25, 0.3) is 11.0 Å². The summed E-state index contributed by atoms with van der Waals surface area (Å²) in [5.74, 6) is 0.246. The zero-order valence-electron chi connectivity index (χ0n) is 13.7. The topological polar surface area (TPSA) is 113 Å². The summed E-state index contributed by atoms with van der Waals surface area (Å²) in [6.45, 7) is 5.31. The maximum absolute atomic E-state index is 11.9. The number of nitriles is 1. The highest BCUT2D eigenvalue weighted by molar-refractivity contribution is 8.13. The summed E-state index contributed by atoms with van der Waals surface area (Å²) in [5, 5.41) is 18.6. The Morgan fingerprint density at radius 2 is 2.21 bits per heavy atom. The number of ether oxygens (including phenoxy) is 1. The molecule has 24 heavy (non-hydrogen) atoms. The van der Waals surface area contributed by atoms with Crippen molar-refractivity contribution in [1.29, 1.82) is 5.26 Å². The third-order valence-electron chi connectivity index (χ3n) is 2.66. The van der Waals surface area contributed by atoms with E-state index >= 15 is 0 Å². The molecule has 2 aromatic rings. The van der Waals surface area contributed by atoms with Gasteiger partial charge in [-0.15, -0.1) is 0 Å². The minimum Gasteiger partial charge on any atom is -0.444 e. The number of benzene rings is 1. The lowest BCUT2D eigenvalue weighted by Crippen LogP contribution is -2.27. The molecule has 2 rings (SSSR count). The molecule has 0 fully saturated rings. The zero-order chi connectivity index (χ0) is 17.7. The number of nitrogens with one attached hydrogen (secondary N) is 2. The maximum atomic E-state index is 11.9. The molecule has 0 aliphatic carbocycles. The van der Waals surface area contributed by atoms with Crippen molar-refractivity contribution >= 4 is 45.5 Å². The Morgan fingerprint density at radius 1 is 1.46 bits per heavy atom. The fraction of sp³-hybridized carbons (Fsp3) is 0.333. The van der Waals surface area contributed by atoms with Gasteiger partial charge in [0.15, 0.2) is 22.8 Å². The lowest BCUT2D eigenvalue weighted by molar-refractivity contribution is 0.0635. The predicted molar refractivity (Wildman–Crippen MR) is 93.2 cm³/mol. The van der Waals surface area contributed by atoms with E-state index in [4.69, 9.17) is 14.5 Å². The lowest BCUT2D eigenvalue weighted by Gasteiger charge is -2.19. The monoisotopic (exact) mass is 347 g/mol. The average Bonchev–Trinajstić information content (AvgIpc) is 2.87. The van der Waals surface area contributed by atoms with E-state index < -0.39 is 11.7 Å². The highest BCUT2D eigenvalue weighted by Crippen LogP contribution is 2.28. The van der Waals surface area contributed by atoms with Crippen molar-refractivity contribution in [3.63, 3.8) is 0 Å². The first-order chi connectivity index (χ1) is 11.3. The Labute approximate surface area is 143 Å². The SMILES string of the molecule is CSC(=Nc1ccc2onc(NC(=O)OC(C)(C)C)c2c1)NC#N. The quantitative estimate of drug-likeness (QED) is 0.369. The van der Waals surface area contributed by atoms with Gasteiger partial charge in [-0.1, -0.05) is 16.9 Å². The molecule has 1 aromatic heterocycles. The number of nitrogens with zero attached hydrogens (tertiary/aromatic N) is 3. The number of carbonyl (C=O) groups excluding carboxylic acids is 1. The van der Waals surface area contributed by atoms with Crippen molar-refractivity contribution in [3.8, 4) is 6.19 Å². The summed E-state index contributed by atoms with van der Waals surface area (Å²) < 4.78 is 10.4. The number of rotatable bonds is 2. The molecule has 0 saturated heterocycles. The minimum atomic E-state index is -0.623. The molecule has 0 radical (unpaired) electrons. The van der Waals surface area contributed by atoms with Crippen molar-refractivity contribution in [3.05, 3.63) is 18.2 Å². The molecular weight excluding hydrogens is 330 g/mol. The van der Waals surface area contributed by atoms with E-state index in [1.165, 1.54) is 11.8 Å². The summed E-state index contributed by atoms with van der Waals surface area (Å²) in [7, 11) is 0. The van der Waals surface area contributed by atoms with Crippen LogP contribution in [0.5, 0.6) is 0 Å². The molecule has 0 saturated carbocycles. The van der Waals surface area contributed by atoms with Gasteiger partial charge >= 0.3 is 6.09 Å². The van der Waals surface area contributed by atoms with Gasteiger partial charge in [-0.2, -0.15) is 5.26 Å². The Kier molecular flexibility index (Phi) is 5.31. The van der Waals surface area contributed by atoms with Crippen LogP contribution in [0.4, 0.5) is 16.3 Å². The maximum Gasteiger partial charge on any atom is 0.413 e. The van der Waals surface area contributed by atoms with E-state index in [0.29, 0.717) is 21.8 Å². The molecule has 126 valence electrons. The summed E-state index contributed by atoms with van der Waals surface area (Å²) in [4.78, 5) is 16.2. The van der Waals surface area contributed by atoms with Crippen molar-refractivity contribution < 1.29 is 14.1 Å². The molecule has 1 amide bonds. The summed E-state index contributed by atoms with van der Waals surface area (Å²) in [6, 6.07) is 5.11. The second-order valence-corrected chi connectivity index (χ2v) is 6.49. The number of aromatic nitrogens is 1. The highest BCUT2D eigenvalue weighted by atomic mass is 32.2. The van der Waals surface area contributed by atoms with E-state index in [2.05, 4.69) is 20.8 Å². The van der Waals surface area contributed by atoms with Gasteiger partial charge in [0, 0.05) is 0 Å². The number of amidine groups is 1. The van der Waals surface area contributed by atoms with Crippen LogP contribution in [0.15, 0.2) is 27.7 Å². The van der Waals surface area contributed by atoms with E-state index in [1.54, 1.807) is 45.2 Å². The number of amides is 1. The van der Waals surface area contributed by atoms with Gasteiger partial charge < -0.3 is 9.26 Å². The number of aliphatic imine (C=N–C) groups is 1. The molecule has 0 unspecified atom stereocenters. The number of hydrogen-bond acceptors (Lipinski definition) is 7. The van der Waals surface area contributed by atoms with Crippen LogP contribution >= 0.6 is 11.8 Å². The van der Waals surface area contributed by atoms with Gasteiger partial charge in [0.05, 0.1) is 11.1 Å². The number of hydrogen-bond donors (Lipinski definition) is 2. The van der Waals surface area contributed by atoms with Crippen LogP contribution in [0, 0.1) is 11.5 Å². The normalized spacial score (nSPS) is 11.9. The number of carbonyl (C=O) groups is 1. The van der Waals surface area contributed by atoms with E-state index in [0.717, 1.165) is 0 Å². The van der Waals surface area contributed by atoms with Crippen molar-refractivity contribution in [2.24, 2.45) is 4.99 Å². The van der Waals surface area contributed by atoms with E-state index in [9.17, 15) is 4.79 Å². The number of fused-ring (bicyclic) bond motifs is 1. The number of thioether (sulfide) groups is 1. The second-order valence-electron chi connectivity index (χ2n) is 5.70. The summed E-state index contributed by atoms with van der Waals surface area (Å²) in [5.41, 5.74) is 0.471. The van der Waals surface area contributed by atoms with Gasteiger partial charge in [-0.05, 0) is 45.2 Å². The van der Waals surface area contributed by atoms with Gasteiger partial charge in [-0.3, -0.25) is 10.6 Å². The molecule has 0 bridgehead atoms. The van der Waals surface area contributed by atoms with Crippen LogP contribution in [0.3, 0.4) is 0 Å². The largest absolute Gasteiger partial charge is 0.444 e. The van der Waals surface area contributed by atoms with Gasteiger partial charge in [0.2, 0.25) is 0 Å². The van der Waals surface area contributed by atoms with Gasteiger partial charge in [0.25, 0.3) is 0 Å². The highest BCUT2D eigenvalue weighted by Gasteiger charge is 2.19. The average molecular weight is 347 g/mol. The van der Waals surface area contributed by atoms with E-state index in [-0.39, 0.29) is 5.82 Å². The van der Waals surface area contributed by atoms with Gasteiger partial charge in [0.1, 0.15) is 5.60 Å². The van der Waals surface area contributed by atoms with Crippen molar-refractivity contribution in [1.82, 2.24) is 10.5 Å². The zero-order valence-corrected chi connectivity index (χ0v) is 14.5. The minimum absolute atomic E-state index is 0.246. The van der Waals surface area contributed by atoms with Crippen LogP contribution in [0.2, 0.25) is 0 Å². The Balaban J connectivity index is 2.29. The fourth-order valence-corrected chi connectivity index (χ4v) is 2.12. The molecule has 2 N–H and O–H groups in total. The molecule has 8 nitrogen and oxygen atoms in total. The first-order valence-electron chi connectivity index (χ1n) is 6.99. The first kappa shape index (κ1) is 17.6. The summed E-state index contributed by atoms with van der Waals surface area (Å²) >= 11 is 1.31. The summed E-state index contributed by atoms with van der Waals surface area (Å²) in [6.07, 6.45) is 3.00. The number of anilines is 1. The van der Waals surface area contributed by atoms with Crippen LogP contribution in [-0.4, -0.2) is 28.3 Å². The Hall–Kier alpha value is -2.73. The van der Waals surface area contributed by atoms with Crippen molar-refractivity contribution in [2.45, 2.75) is 26.4 Å². The van der Waals surface area contributed by atoms with Crippen molar-refractivity contribution in [2.75, 3.05) is 11.6 Å². The molecular formula is C15H17N5O3S. The first-order valence-corrected chi connectivity index (χ1v) is 8.22. The predicted octanol–water partition coefficient (Wildman–Crippen LogP) is 3.60. The lowest BCUT2D eigenvalue weighted by atomic mass is 10.2. The molecule has 1 heterocycles. The third-order valence-corrected chi connectivity index (χ3v) is 3.24. The molecule has 1 aromatic carbocycles. The molecule has 0 spiro atoms. The molecule has 0 aliphatic heterocycles. The third kappa shape index (κ3) is 4.63. The smallest absolute Gasteiger partial charge is 0.413 e. The second kappa shape index (κ2) is 7.23. The standard InChI is InChI=1S/C15H17N5O3S/c1-15(2,3)22-14(21)19-12-10-7-9(5-6-11(10)23-20-12)18-13(24-4)17-8-16/h5-7H,1-4H3,(H,17,18)(H,19,20,21). The van der Waals surface area contributed by atoms with Gasteiger partial charge in [-0.25, -0.2) is 9.79 Å². The van der Waals surface area contributed by atoms with Crippen LogP contribution in [0.1, 0.15) is 20.8 Å². The molecule has 0 aliphatic rings. The Morgan fingerprint density at radius 3 is 2.83 bits per heavy atom. The molecule has 0 atom stereocenters. The fourth-order valence-electron chi connectivity index (χ4n) is 1.78.